The highest BCUT2D eigenvalue weighted by Gasteiger charge is 2.38. The van der Waals surface area contributed by atoms with Crippen molar-refractivity contribution in [2.45, 2.75) is 36.4 Å². The van der Waals surface area contributed by atoms with Crippen molar-refractivity contribution < 1.29 is 4.74 Å². The molecule has 0 amide bonds. The number of methoxy groups -OCH3 is 1. The summed E-state index contributed by atoms with van der Waals surface area (Å²) in [5, 5.41) is 0.674. The third-order valence-electron chi connectivity index (χ3n) is 3.04. The normalized spacial score (nSPS) is 18.1. The van der Waals surface area contributed by atoms with Gasteiger partial charge in [-0.25, -0.2) is 4.98 Å². The molecule has 0 unspecified atom stereocenters. The van der Waals surface area contributed by atoms with Crippen molar-refractivity contribution in [2.24, 2.45) is 0 Å². The molecule has 0 radical (unpaired) electrons. The summed E-state index contributed by atoms with van der Waals surface area (Å²) in [6, 6.07) is 0. The quantitative estimate of drug-likeness (QED) is 0.799. The second-order valence-corrected chi connectivity index (χ2v) is 4.79. The standard InChI is InChI=1S/C10H16N4OS/c1-15-10(4-3-5-10)6-7-12-8(11)14-9(13-7)16-2/h3-6H2,1-2H3,(H2,11,12,13,14). The number of thioether (sulfide) groups is 1. The van der Waals surface area contributed by atoms with E-state index in [1.165, 1.54) is 18.2 Å². The summed E-state index contributed by atoms with van der Waals surface area (Å²) in [6.45, 7) is 0. The minimum Gasteiger partial charge on any atom is -0.378 e. The molecule has 1 aliphatic carbocycles. The van der Waals surface area contributed by atoms with Crippen LogP contribution in [-0.2, 0) is 11.2 Å². The van der Waals surface area contributed by atoms with Crippen LogP contribution in [-0.4, -0.2) is 33.9 Å². The Hall–Kier alpha value is -0.880. The maximum atomic E-state index is 5.64. The molecule has 5 nitrogen and oxygen atoms in total. The molecule has 2 rings (SSSR count). The molecule has 0 spiro atoms. The summed E-state index contributed by atoms with van der Waals surface area (Å²) in [5.74, 6) is 1.03. The van der Waals surface area contributed by atoms with Crippen molar-refractivity contribution in [2.75, 3.05) is 19.1 Å². The minimum atomic E-state index is -0.0660. The van der Waals surface area contributed by atoms with Crippen LogP contribution in [0.15, 0.2) is 5.16 Å². The van der Waals surface area contributed by atoms with Crippen LogP contribution in [0.3, 0.4) is 0 Å². The molecule has 0 aliphatic heterocycles. The van der Waals surface area contributed by atoms with E-state index in [-0.39, 0.29) is 5.60 Å². The van der Waals surface area contributed by atoms with Crippen molar-refractivity contribution in [1.82, 2.24) is 15.0 Å². The lowest BCUT2D eigenvalue weighted by Crippen LogP contribution is -2.41. The van der Waals surface area contributed by atoms with E-state index in [1.54, 1.807) is 7.11 Å². The van der Waals surface area contributed by atoms with Gasteiger partial charge in [0.05, 0.1) is 5.60 Å². The molecule has 1 heterocycles. The lowest BCUT2D eigenvalue weighted by molar-refractivity contribution is -0.0722. The van der Waals surface area contributed by atoms with Gasteiger partial charge in [0.1, 0.15) is 5.82 Å². The number of nitrogen functional groups attached to an aromatic ring is 1. The average molecular weight is 240 g/mol. The van der Waals surface area contributed by atoms with Gasteiger partial charge in [0.2, 0.25) is 5.95 Å². The lowest BCUT2D eigenvalue weighted by atomic mass is 9.77. The summed E-state index contributed by atoms with van der Waals surface area (Å²) in [7, 11) is 1.75. The molecular formula is C10H16N4OS. The Morgan fingerprint density at radius 3 is 2.62 bits per heavy atom. The van der Waals surface area contributed by atoms with Crippen LogP contribution in [0.2, 0.25) is 0 Å². The number of anilines is 1. The third kappa shape index (κ3) is 2.27. The molecule has 1 aromatic heterocycles. The zero-order chi connectivity index (χ0) is 11.6. The second kappa shape index (κ2) is 4.55. The van der Waals surface area contributed by atoms with Crippen LogP contribution in [0.25, 0.3) is 0 Å². The highest BCUT2D eigenvalue weighted by Crippen LogP contribution is 2.37. The zero-order valence-electron chi connectivity index (χ0n) is 9.56. The maximum absolute atomic E-state index is 5.64. The number of hydrogen-bond donors (Lipinski definition) is 1. The first-order valence-corrected chi connectivity index (χ1v) is 6.49. The summed E-state index contributed by atoms with van der Waals surface area (Å²) in [4.78, 5) is 12.5. The first-order valence-electron chi connectivity index (χ1n) is 5.27. The van der Waals surface area contributed by atoms with Crippen molar-refractivity contribution in [3.8, 4) is 0 Å². The van der Waals surface area contributed by atoms with E-state index >= 15 is 0 Å². The SMILES string of the molecule is COC1(Cc2nc(N)nc(SC)n2)CCC1. The molecule has 88 valence electrons. The number of nitrogens with zero attached hydrogens (tertiary/aromatic N) is 3. The molecule has 1 aliphatic rings. The maximum Gasteiger partial charge on any atom is 0.224 e. The molecule has 1 saturated carbocycles. The third-order valence-corrected chi connectivity index (χ3v) is 3.59. The predicted octanol–water partition coefficient (Wildman–Crippen LogP) is 1.29. The number of nitrogens with two attached hydrogens (primary N) is 1. The summed E-state index contributed by atoms with van der Waals surface area (Å²) in [5.41, 5.74) is 5.57. The predicted molar refractivity (Wildman–Crippen MR) is 63.3 cm³/mol. The van der Waals surface area contributed by atoms with Gasteiger partial charge >= 0.3 is 0 Å². The van der Waals surface area contributed by atoms with Gasteiger partial charge < -0.3 is 10.5 Å². The summed E-state index contributed by atoms with van der Waals surface area (Å²) < 4.78 is 5.54. The fourth-order valence-corrected chi connectivity index (χ4v) is 2.28. The molecule has 1 fully saturated rings. The first kappa shape index (κ1) is 11.6. The Morgan fingerprint density at radius 2 is 2.12 bits per heavy atom. The van der Waals surface area contributed by atoms with Crippen LogP contribution in [0.5, 0.6) is 0 Å². The van der Waals surface area contributed by atoms with Gasteiger partial charge in [-0.3, -0.25) is 0 Å². The van der Waals surface area contributed by atoms with E-state index in [0.717, 1.165) is 25.1 Å². The molecule has 6 heteroatoms. The van der Waals surface area contributed by atoms with Crippen LogP contribution in [0.4, 0.5) is 5.95 Å². The van der Waals surface area contributed by atoms with Crippen LogP contribution in [0.1, 0.15) is 25.1 Å². The highest BCUT2D eigenvalue weighted by atomic mass is 32.2. The van der Waals surface area contributed by atoms with Crippen molar-refractivity contribution >= 4 is 17.7 Å². The molecule has 1 aromatic rings. The smallest absolute Gasteiger partial charge is 0.224 e. The topological polar surface area (TPSA) is 73.9 Å². The van der Waals surface area contributed by atoms with Crippen molar-refractivity contribution in [3.63, 3.8) is 0 Å². The Balaban J connectivity index is 2.17. The lowest BCUT2D eigenvalue weighted by Gasteiger charge is -2.40. The van der Waals surface area contributed by atoms with Gasteiger partial charge in [0.25, 0.3) is 0 Å². The molecule has 0 saturated heterocycles. The van der Waals surface area contributed by atoms with Gasteiger partial charge in [-0.05, 0) is 25.5 Å². The number of ether oxygens (including phenoxy) is 1. The van der Waals surface area contributed by atoms with E-state index < -0.39 is 0 Å². The Kier molecular flexibility index (Phi) is 3.30. The molecule has 2 N–H and O–H groups in total. The zero-order valence-corrected chi connectivity index (χ0v) is 10.4. The average Bonchev–Trinajstić information content (AvgIpc) is 2.22. The summed E-state index contributed by atoms with van der Waals surface area (Å²) in [6.07, 6.45) is 6.01. The van der Waals surface area contributed by atoms with Gasteiger partial charge in [-0.2, -0.15) is 9.97 Å². The van der Waals surface area contributed by atoms with Crippen LogP contribution >= 0.6 is 11.8 Å². The minimum absolute atomic E-state index is 0.0660. The van der Waals surface area contributed by atoms with Gasteiger partial charge in [0.15, 0.2) is 5.16 Å². The van der Waals surface area contributed by atoms with Gasteiger partial charge in [0, 0.05) is 13.5 Å². The Bertz CT molecular complexity index is 376. The van der Waals surface area contributed by atoms with E-state index in [0.29, 0.717) is 11.1 Å². The Morgan fingerprint density at radius 1 is 1.38 bits per heavy atom. The summed E-state index contributed by atoms with van der Waals surface area (Å²) >= 11 is 1.47. The van der Waals surface area contributed by atoms with Gasteiger partial charge in [-0.1, -0.05) is 11.8 Å². The first-order chi connectivity index (χ1) is 7.67. The number of aromatic nitrogens is 3. The monoisotopic (exact) mass is 240 g/mol. The molecule has 0 atom stereocenters. The Labute approximate surface area is 99.2 Å². The largest absolute Gasteiger partial charge is 0.378 e. The number of hydrogen-bond acceptors (Lipinski definition) is 6. The molecule has 16 heavy (non-hydrogen) atoms. The van der Waals surface area contributed by atoms with E-state index in [1.807, 2.05) is 6.26 Å². The second-order valence-electron chi connectivity index (χ2n) is 4.01. The fraction of sp³-hybridized carbons (Fsp3) is 0.700. The molecule has 0 aromatic carbocycles. The highest BCUT2D eigenvalue weighted by molar-refractivity contribution is 7.98. The van der Waals surface area contributed by atoms with E-state index in [4.69, 9.17) is 10.5 Å². The van der Waals surface area contributed by atoms with Crippen molar-refractivity contribution in [3.05, 3.63) is 5.82 Å². The van der Waals surface area contributed by atoms with E-state index in [2.05, 4.69) is 15.0 Å². The molecular weight excluding hydrogens is 224 g/mol. The fourth-order valence-electron chi connectivity index (χ4n) is 1.90. The molecule has 0 bridgehead atoms. The van der Waals surface area contributed by atoms with E-state index in [9.17, 15) is 0 Å². The van der Waals surface area contributed by atoms with Crippen LogP contribution < -0.4 is 5.73 Å². The van der Waals surface area contributed by atoms with Crippen molar-refractivity contribution in [1.29, 1.82) is 0 Å². The number of rotatable bonds is 4. The van der Waals surface area contributed by atoms with Crippen LogP contribution in [0, 0.1) is 0 Å². The van der Waals surface area contributed by atoms with Gasteiger partial charge in [-0.15, -0.1) is 0 Å².